The Morgan fingerprint density at radius 1 is 1.34 bits per heavy atom. The number of thiophene rings is 1. The number of hydrogen-bond donors (Lipinski definition) is 1. The molecule has 0 saturated carbocycles. The van der Waals surface area contributed by atoms with Gasteiger partial charge >= 0.3 is 5.97 Å². The molecule has 1 N–H and O–H groups in total. The summed E-state index contributed by atoms with van der Waals surface area (Å²) in [6, 6.07) is 4.23. The molecule has 0 saturated heterocycles. The van der Waals surface area contributed by atoms with Gasteiger partial charge in [-0.15, -0.1) is 11.3 Å². The number of hydrogen-bond acceptors (Lipinski definition) is 6. The van der Waals surface area contributed by atoms with E-state index in [0.29, 0.717) is 27.6 Å². The number of carbonyl (C=O) groups is 2. The molecular formula is C21H24N2O5S. The summed E-state index contributed by atoms with van der Waals surface area (Å²) in [6.45, 7) is 5.76. The van der Waals surface area contributed by atoms with Gasteiger partial charge in [0.2, 0.25) is 0 Å². The lowest BCUT2D eigenvalue weighted by Crippen LogP contribution is -2.17. The quantitative estimate of drug-likeness (QED) is 0.410. The van der Waals surface area contributed by atoms with E-state index in [2.05, 4.69) is 12.2 Å². The Morgan fingerprint density at radius 3 is 2.72 bits per heavy atom. The van der Waals surface area contributed by atoms with E-state index >= 15 is 0 Å². The summed E-state index contributed by atoms with van der Waals surface area (Å²) in [7, 11) is 0. The number of carbonyl (C=O) groups excluding carboxylic acids is 2. The first-order valence-electron chi connectivity index (χ1n) is 9.73. The van der Waals surface area contributed by atoms with Crippen molar-refractivity contribution in [2.75, 3.05) is 11.9 Å². The molecule has 3 rings (SSSR count). The zero-order valence-electron chi connectivity index (χ0n) is 16.7. The minimum absolute atomic E-state index is 0.0362. The van der Waals surface area contributed by atoms with Gasteiger partial charge in [0.05, 0.1) is 17.1 Å². The van der Waals surface area contributed by atoms with Crippen LogP contribution >= 0.6 is 11.3 Å². The molecule has 1 aliphatic rings. The number of benzene rings is 1. The number of esters is 1. The van der Waals surface area contributed by atoms with Gasteiger partial charge in [-0.25, -0.2) is 4.79 Å². The Bertz CT molecular complexity index is 966. The molecule has 0 aliphatic heterocycles. The lowest BCUT2D eigenvalue weighted by molar-refractivity contribution is -0.385. The molecule has 1 amide bonds. The highest BCUT2D eigenvalue weighted by Crippen LogP contribution is 2.41. The number of nitrogens with one attached hydrogen (secondary N) is 1. The topological polar surface area (TPSA) is 98.5 Å². The van der Waals surface area contributed by atoms with E-state index in [1.165, 1.54) is 29.5 Å². The number of aryl methyl sites for hydroxylation is 1. The van der Waals surface area contributed by atoms with Crippen LogP contribution in [-0.4, -0.2) is 23.4 Å². The van der Waals surface area contributed by atoms with E-state index in [4.69, 9.17) is 4.74 Å². The van der Waals surface area contributed by atoms with Crippen molar-refractivity contribution in [1.82, 2.24) is 0 Å². The lowest BCUT2D eigenvalue weighted by Gasteiger charge is -2.20. The van der Waals surface area contributed by atoms with Crippen LogP contribution in [0.2, 0.25) is 0 Å². The molecule has 1 aromatic carbocycles. The maximum absolute atomic E-state index is 12.8. The first kappa shape index (κ1) is 21.0. The van der Waals surface area contributed by atoms with Gasteiger partial charge in [0.15, 0.2) is 0 Å². The number of fused-ring (bicyclic) bond motifs is 1. The van der Waals surface area contributed by atoms with Crippen molar-refractivity contribution in [3.05, 3.63) is 55.4 Å². The van der Waals surface area contributed by atoms with Crippen molar-refractivity contribution in [3.8, 4) is 0 Å². The highest BCUT2D eigenvalue weighted by Gasteiger charge is 2.30. The molecular weight excluding hydrogens is 392 g/mol. The average Bonchev–Trinajstić information content (AvgIpc) is 3.04. The Balaban J connectivity index is 1.93. The predicted octanol–water partition coefficient (Wildman–Crippen LogP) is 4.91. The van der Waals surface area contributed by atoms with Crippen molar-refractivity contribution in [1.29, 1.82) is 0 Å². The Hall–Kier alpha value is -2.74. The fourth-order valence-electron chi connectivity index (χ4n) is 3.69. The van der Waals surface area contributed by atoms with Gasteiger partial charge in [0.25, 0.3) is 11.6 Å². The van der Waals surface area contributed by atoms with Crippen LogP contribution in [0.15, 0.2) is 18.2 Å². The van der Waals surface area contributed by atoms with Gasteiger partial charge in [-0.05, 0) is 56.7 Å². The van der Waals surface area contributed by atoms with Crippen LogP contribution in [0.4, 0.5) is 10.7 Å². The number of nitro groups is 1. The molecule has 1 atom stereocenters. The molecule has 0 unspecified atom stereocenters. The maximum atomic E-state index is 12.8. The van der Waals surface area contributed by atoms with Crippen LogP contribution in [0.25, 0.3) is 0 Å². The molecule has 8 heteroatoms. The first-order valence-corrected chi connectivity index (χ1v) is 10.5. The summed E-state index contributed by atoms with van der Waals surface area (Å²) in [6.07, 6.45) is 3.79. The highest BCUT2D eigenvalue weighted by atomic mass is 32.1. The molecule has 7 nitrogen and oxygen atoms in total. The number of ether oxygens (including phenoxy) is 1. The molecule has 154 valence electrons. The van der Waals surface area contributed by atoms with Gasteiger partial charge < -0.3 is 10.1 Å². The number of rotatable bonds is 6. The fourth-order valence-corrected chi connectivity index (χ4v) is 5.03. The van der Waals surface area contributed by atoms with Gasteiger partial charge in [0, 0.05) is 22.1 Å². The van der Waals surface area contributed by atoms with Crippen LogP contribution in [0.1, 0.15) is 63.4 Å². The number of nitro benzene ring substituents is 1. The summed E-state index contributed by atoms with van der Waals surface area (Å²) in [5.41, 5.74) is 2.11. The van der Waals surface area contributed by atoms with Crippen LogP contribution in [-0.2, 0) is 17.6 Å². The molecule has 0 bridgehead atoms. The third kappa shape index (κ3) is 4.32. The van der Waals surface area contributed by atoms with Gasteiger partial charge in [-0.3, -0.25) is 14.9 Å². The molecule has 2 aromatic rings. The van der Waals surface area contributed by atoms with E-state index in [0.717, 1.165) is 36.1 Å². The monoisotopic (exact) mass is 416 g/mol. The molecule has 0 radical (unpaired) electrons. The minimum atomic E-state index is -0.479. The Kier molecular flexibility index (Phi) is 6.32. The normalized spacial score (nSPS) is 15.5. The van der Waals surface area contributed by atoms with Gasteiger partial charge in [-0.2, -0.15) is 0 Å². The second-order valence-electron chi connectivity index (χ2n) is 7.16. The van der Waals surface area contributed by atoms with Gasteiger partial charge in [-0.1, -0.05) is 13.3 Å². The summed E-state index contributed by atoms with van der Waals surface area (Å²) in [4.78, 5) is 37.0. The van der Waals surface area contributed by atoms with Crippen molar-refractivity contribution in [2.45, 2.75) is 46.5 Å². The number of amides is 1. The molecule has 1 heterocycles. The predicted molar refractivity (Wildman–Crippen MR) is 112 cm³/mol. The third-order valence-electron chi connectivity index (χ3n) is 5.31. The summed E-state index contributed by atoms with van der Waals surface area (Å²) < 4.78 is 5.24. The smallest absolute Gasteiger partial charge is 0.341 e. The first-order chi connectivity index (χ1) is 13.8. The standard InChI is InChI=1S/C21H24N2O5S/c1-4-13-6-8-15-17(11-13)29-20(18(15)21(25)28-5-2)22-19(24)14-7-9-16(23(26)27)12(3)10-14/h7,9-10,13H,4-6,8,11H2,1-3H3,(H,22,24)/t13-/m1/s1. The van der Waals surface area contributed by atoms with Crippen molar-refractivity contribution >= 4 is 33.9 Å². The summed E-state index contributed by atoms with van der Waals surface area (Å²) >= 11 is 1.43. The second-order valence-corrected chi connectivity index (χ2v) is 8.26. The lowest BCUT2D eigenvalue weighted by atomic mass is 9.85. The Labute approximate surface area is 173 Å². The second kappa shape index (κ2) is 8.73. The molecule has 1 aliphatic carbocycles. The van der Waals surface area contributed by atoms with Crippen molar-refractivity contribution < 1.29 is 19.2 Å². The van der Waals surface area contributed by atoms with Crippen molar-refractivity contribution in [2.24, 2.45) is 5.92 Å². The largest absolute Gasteiger partial charge is 0.462 e. The minimum Gasteiger partial charge on any atom is -0.462 e. The molecule has 0 spiro atoms. The zero-order chi connectivity index (χ0) is 21.1. The van der Waals surface area contributed by atoms with Gasteiger partial charge in [0.1, 0.15) is 5.00 Å². The van der Waals surface area contributed by atoms with Crippen LogP contribution in [0.5, 0.6) is 0 Å². The fraction of sp³-hybridized carbons (Fsp3) is 0.429. The molecule has 1 aromatic heterocycles. The third-order valence-corrected chi connectivity index (χ3v) is 6.48. The Morgan fingerprint density at radius 2 is 2.10 bits per heavy atom. The van der Waals surface area contributed by atoms with E-state index in [9.17, 15) is 19.7 Å². The van der Waals surface area contributed by atoms with Crippen LogP contribution < -0.4 is 5.32 Å². The van der Waals surface area contributed by atoms with E-state index in [1.54, 1.807) is 13.8 Å². The van der Waals surface area contributed by atoms with Crippen molar-refractivity contribution in [3.63, 3.8) is 0 Å². The van der Waals surface area contributed by atoms with Crippen LogP contribution in [0, 0.1) is 23.0 Å². The summed E-state index contributed by atoms with van der Waals surface area (Å²) in [5, 5.41) is 14.3. The van der Waals surface area contributed by atoms with E-state index in [1.807, 2.05) is 0 Å². The summed E-state index contributed by atoms with van der Waals surface area (Å²) in [5.74, 6) is -0.244. The SMILES string of the molecule is CCOC(=O)c1c(NC(=O)c2ccc([N+](=O)[O-])c(C)c2)sc2c1CC[C@@H](CC)C2. The maximum Gasteiger partial charge on any atom is 0.341 e. The average molecular weight is 416 g/mol. The highest BCUT2D eigenvalue weighted by molar-refractivity contribution is 7.17. The number of nitrogens with zero attached hydrogens (tertiary/aromatic N) is 1. The van der Waals surface area contributed by atoms with Crippen LogP contribution in [0.3, 0.4) is 0 Å². The zero-order valence-corrected chi connectivity index (χ0v) is 17.6. The van der Waals surface area contributed by atoms with E-state index < -0.39 is 16.8 Å². The van der Waals surface area contributed by atoms with E-state index in [-0.39, 0.29) is 12.3 Å². The molecule has 0 fully saturated rings. The number of anilines is 1. The molecule has 29 heavy (non-hydrogen) atoms.